The van der Waals surface area contributed by atoms with Crippen LogP contribution in [0.3, 0.4) is 0 Å². The van der Waals surface area contributed by atoms with Crippen LogP contribution in [0.25, 0.3) is 0 Å². The van der Waals surface area contributed by atoms with E-state index in [9.17, 15) is 18.0 Å². The molecule has 2 aliphatic rings. The number of carbonyl (C=O) groups excluding carboxylic acids is 1. The number of hydrogen-bond acceptors (Lipinski definition) is 4. The van der Waals surface area contributed by atoms with Gasteiger partial charge in [0, 0.05) is 37.3 Å². The molecule has 2 rings (SSSR count). The van der Waals surface area contributed by atoms with Crippen LogP contribution in [0.4, 0.5) is 13.2 Å². The molecule has 0 radical (unpaired) electrons. The summed E-state index contributed by atoms with van der Waals surface area (Å²) in [7, 11) is 0. The lowest BCUT2D eigenvalue weighted by Gasteiger charge is -2.36. The van der Waals surface area contributed by atoms with Gasteiger partial charge in [-0.05, 0) is 13.8 Å². The van der Waals surface area contributed by atoms with E-state index in [1.54, 1.807) is 11.8 Å². The Hall–Kier alpha value is -0.920. The minimum Gasteiger partial charge on any atom is -0.348 e. The number of aliphatic imine (C=N–C) groups is 1. The summed E-state index contributed by atoms with van der Waals surface area (Å²) < 4.78 is 36.5. The Labute approximate surface area is 126 Å². The van der Waals surface area contributed by atoms with Crippen LogP contribution in [-0.2, 0) is 4.79 Å². The summed E-state index contributed by atoms with van der Waals surface area (Å²) in [5.41, 5.74) is 0. The Morgan fingerprint density at radius 1 is 1.29 bits per heavy atom. The van der Waals surface area contributed by atoms with E-state index in [-0.39, 0.29) is 4.75 Å². The predicted molar refractivity (Wildman–Crippen MR) is 77.4 cm³/mol. The monoisotopic (exact) mass is 323 g/mol. The second kappa shape index (κ2) is 6.06. The summed E-state index contributed by atoms with van der Waals surface area (Å²) >= 11 is 1.72. The van der Waals surface area contributed by atoms with Crippen LogP contribution < -0.4 is 0 Å². The maximum atomic E-state index is 12.1. The summed E-state index contributed by atoms with van der Waals surface area (Å²) in [6.07, 6.45) is -5.76. The molecule has 21 heavy (non-hydrogen) atoms. The van der Waals surface area contributed by atoms with Crippen LogP contribution in [0.1, 0.15) is 26.7 Å². The molecular formula is C13H20F3N3OS. The molecule has 4 nitrogen and oxygen atoms in total. The molecule has 2 aliphatic heterocycles. The highest BCUT2D eigenvalue weighted by Gasteiger charge is 2.33. The van der Waals surface area contributed by atoms with Crippen LogP contribution in [0.5, 0.6) is 0 Å². The van der Waals surface area contributed by atoms with Crippen LogP contribution in [0.15, 0.2) is 4.99 Å². The Morgan fingerprint density at radius 3 is 2.38 bits per heavy atom. The molecule has 0 saturated carbocycles. The molecule has 0 aromatic rings. The highest BCUT2D eigenvalue weighted by molar-refractivity contribution is 8.15. The molecule has 0 spiro atoms. The van der Waals surface area contributed by atoms with E-state index < -0.39 is 24.9 Å². The van der Waals surface area contributed by atoms with Gasteiger partial charge in [0.05, 0.1) is 13.0 Å². The molecule has 8 heteroatoms. The number of piperazine rings is 1. The lowest BCUT2D eigenvalue weighted by Crippen LogP contribution is -2.50. The van der Waals surface area contributed by atoms with Gasteiger partial charge in [0.15, 0.2) is 5.17 Å². The van der Waals surface area contributed by atoms with Crippen molar-refractivity contribution in [3.05, 3.63) is 0 Å². The number of amidine groups is 1. The third-order valence-corrected chi connectivity index (χ3v) is 4.74. The molecule has 0 bridgehead atoms. The summed E-state index contributed by atoms with van der Waals surface area (Å²) in [6.45, 7) is 7.25. The first-order chi connectivity index (χ1) is 9.66. The molecular weight excluding hydrogens is 303 g/mol. The van der Waals surface area contributed by atoms with E-state index in [1.165, 1.54) is 4.90 Å². The molecule has 1 saturated heterocycles. The smallest absolute Gasteiger partial charge is 0.348 e. The van der Waals surface area contributed by atoms with Gasteiger partial charge in [-0.2, -0.15) is 13.2 Å². The number of nitrogens with zero attached hydrogens (tertiary/aromatic N) is 3. The minimum absolute atomic E-state index is 0.106. The minimum atomic E-state index is -4.27. The van der Waals surface area contributed by atoms with Gasteiger partial charge < -0.3 is 9.80 Å². The van der Waals surface area contributed by atoms with Crippen LogP contribution in [-0.4, -0.2) is 64.5 Å². The SMILES string of the molecule is CC1(C)CN=C(N2CCN(C(=O)CCC(F)(F)F)CC2)S1. The normalized spacial score (nSPS) is 22.4. The van der Waals surface area contributed by atoms with Crippen molar-refractivity contribution < 1.29 is 18.0 Å². The van der Waals surface area contributed by atoms with E-state index in [4.69, 9.17) is 0 Å². The molecule has 1 amide bonds. The second-order valence-corrected chi connectivity index (χ2v) is 7.62. The van der Waals surface area contributed by atoms with Gasteiger partial charge in [-0.3, -0.25) is 9.79 Å². The second-order valence-electron chi connectivity index (χ2n) is 5.94. The third kappa shape index (κ3) is 4.79. The Bertz CT molecular complexity index is 429. The number of thioether (sulfide) groups is 1. The highest BCUT2D eigenvalue weighted by atomic mass is 32.2. The predicted octanol–water partition coefficient (Wildman–Crippen LogP) is 2.35. The number of hydrogen-bond donors (Lipinski definition) is 0. The lowest BCUT2D eigenvalue weighted by atomic mass is 10.2. The van der Waals surface area contributed by atoms with E-state index in [0.29, 0.717) is 26.2 Å². The zero-order chi connectivity index (χ0) is 15.7. The Morgan fingerprint density at radius 2 is 1.90 bits per heavy atom. The summed E-state index contributed by atoms with van der Waals surface area (Å²) in [5, 5.41) is 0.988. The molecule has 120 valence electrons. The van der Waals surface area contributed by atoms with Gasteiger partial charge >= 0.3 is 6.18 Å². The maximum Gasteiger partial charge on any atom is 0.389 e. The van der Waals surface area contributed by atoms with Crippen LogP contribution >= 0.6 is 11.8 Å². The van der Waals surface area contributed by atoms with Crippen LogP contribution in [0.2, 0.25) is 0 Å². The van der Waals surface area contributed by atoms with E-state index in [2.05, 4.69) is 23.7 Å². The highest BCUT2D eigenvalue weighted by Crippen LogP contribution is 2.33. The average Bonchev–Trinajstić information content (AvgIpc) is 2.76. The van der Waals surface area contributed by atoms with Crippen LogP contribution in [0, 0.1) is 0 Å². The third-order valence-electron chi connectivity index (χ3n) is 3.49. The lowest BCUT2D eigenvalue weighted by molar-refractivity contribution is -0.149. The first-order valence-corrected chi connectivity index (χ1v) is 7.81. The van der Waals surface area contributed by atoms with Gasteiger partial charge in [-0.15, -0.1) is 0 Å². The Kier molecular flexibility index (Phi) is 4.75. The molecule has 0 aromatic carbocycles. The largest absolute Gasteiger partial charge is 0.389 e. The number of amides is 1. The van der Waals surface area contributed by atoms with Crippen molar-refractivity contribution in [2.75, 3.05) is 32.7 Å². The molecule has 1 fully saturated rings. The number of alkyl halides is 3. The summed E-state index contributed by atoms with van der Waals surface area (Å²) in [4.78, 5) is 19.9. The first-order valence-electron chi connectivity index (χ1n) is 6.99. The summed E-state index contributed by atoms with van der Waals surface area (Å²) in [5.74, 6) is -0.409. The fourth-order valence-electron chi connectivity index (χ4n) is 2.29. The molecule has 0 N–H and O–H groups in total. The zero-order valence-corrected chi connectivity index (χ0v) is 13.1. The first kappa shape index (κ1) is 16.5. The zero-order valence-electron chi connectivity index (χ0n) is 12.2. The molecule has 0 aliphatic carbocycles. The van der Waals surface area contributed by atoms with Crippen molar-refractivity contribution in [2.45, 2.75) is 37.6 Å². The molecule has 0 unspecified atom stereocenters. The van der Waals surface area contributed by atoms with Gasteiger partial charge in [-0.25, -0.2) is 0 Å². The fraction of sp³-hybridized carbons (Fsp3) is 0.846. The number of rotatable bonds is 2. The standard InChI is InChI=1S/C13H20F3N3OS/c1-12(2)9-17-11(21-12)19-7-5-18(6-8-19)10(20)3-4-13(14,15)16/h3-9H2,1-2H3. The molecule has 2 heterocycles. The van der Waals surface area contributed by atoms with Gasteiger partial charge in [-0.1, -0.05) is 11.8 Å². The van der Waals surface area contributed by atoms with E-state index in [1.807, 2.05) is 0 Å². The van der Waals surface area contributed by atoms with Gasteiger partial charge in [0.1, 0.15) is 0 Å². The van der Waals surface area contributed by atoms with Crippen molar-refractivity contribution in [1.29, 1.82) is 0 Å². The number of carbonyl (C=O) groups is 1. The van der Waals surface area contributed by atoms with Crippen molar-refractivity contribution in [3.63, 3.8) is 0 Å². The van der Waals surface area contributed by atoms with Crippen molar-refractivity contribution >= 4 is 22.8 Å². The quantitative estimate of drug-likeness (QED) is 0.783. The van der Waals surface area contributed by atoms with Crippen molar-refractivity contribution in [3.8, 4) is 0 Å². The maximum absolute atomic E-state index is 12.1. The fourth-order valence-corrected chi connectivity index (χ4v) is 3.35. The average molecular weight is 323 g/mol. The van der Waals surface area contributed by atoms with Crippen molar-refractivity contribution in [2.24, 2.45) is 4.99 Å². The van der Waals surface area contributed by atoms with Gasteiger partial charge in [0.25, 0.3) is 0 Å². The van der Waals surface area contributed by atoms with E-state index >= 15 is 0 Å². The van der Waals surface area contributed by atoms with Crippen molar-refractivity contribution in [1.82, 2.24) is 9.80 Å². The van der Waals surface area contributed by atoms with Gasteiger partial charge in [0.2, 0.25) is 5.91 Å². The molecule has 0 atom stereocenters. The molecule has 0 aromatic heterocycles. The number of halogens is 3. The van der Waals surface area contributed by atoms with E-state index in [0.717, 1.165) is 11.7 Å². The topological polar surface area (TPSA) is 35.9 Å². The Balaban J connectivity index is 1.77. The summed E-state index contributed by atoms with van der Waals surface area (Å²) in [6, 6.07) is 0.